The summed E-state index contributed by atoms with van der Waals surface area (Å²) in [5.41, 5.74) is 6.41. The largest absolute Gasteiger partial charge is 0.352 e. The second-order valence-corrected chi connectivity index (χ2v) is 9.94. The molecule has 0 bridgehead atoms. The van der Waals surface area contributed by atoms with E-state index in [1.54, 1.807) is 43.1 Å². The fourth-order valence-electron chi connectivity index (χ4n) is 5.44. The van der Waals surface area contributed by atoms with Crippen molar-refractivity contribution < 1.29 is 9.18 Å². The molecule has 0 aliphatic heterocycles. The number of fused-ring (bicyclic) bond motifs is 2. The third-order valence-corrected chi connectivity index (χ3v) is 7.45. The normalized spacial score (nSPS) is 13.9. The van der Waals surface area contributed by atoms with E-state index in [1.165, 1.54) is 6.07 Å². The SMILES string of the molecule is O=C(Nc1cncc(-c2cnc3[nH]nc(-c4cc5c(-c6ccccc6F)cncc5[nH]4)c3c2)c1)C1CCCC1. The van der Waals surface area contributed by atoms with Gasteiger partial charge in [-0.15, -0.1) is 0 Å². The third kappa shape index (κ3) is 4.21. The molecule has 1 saturated carbocycles. The van der Waals surface area contributed by atoms with E-state index in [9.17, 15) is 9.18 Å². The van der Waals surface area contributed by atoms with Gasteiger partial charge in [-0.1, -0.05) is 31.0 Å². The highest BCUT2D eigenvalue weighted by Gasteiger charge is 2.23. The van der Waals surface area contributed by atoms with Crippen molar-refractivity contribution in [2.45, 2.75) is 25.7 Å². The number of rotatable bonds is 5. The van der Waals surface area contributed by atoms with Gasteiger partial charge in [0.05, 0.1) is 29.3 Å². The number of nitrogens with zero attached hydrogens (tertiary/aromatic N) is 4. The van der Waals surface area contributed by atoms with E-state index in [2.05, 4.69) is 35.5 Å². The monoisotopic (exact) mass is 517 g/mol. The summed E-state index contributed by atoms with van der Waals surface area (Å²) in [7, 11) is 0. The maximum Gasteiger partial charge on any atom is 0.227 e. The van der Waals surface area contributed by atoms with Gasteiger partial charge in [0.2, 0.25) is 5.91 Å². The van der Waals surface area contributed by atoms with Crippen LogP contribution in [-0.4, -0.2) is 36.0 Å². The van der Waals surface area contributed by atoms with Gasteiger partial charge < -0.3 is 10.3 Å². The number of amides is 1. The number of benzene rings is 1. The number of H-pyrrole nitrogens is 2. The minimum absolute atomic E-state index is 0.0557. The van der Waals surface area contributed by atoms with Gasteiger partial charge in [-0.2, -0.15) is 5.10 Å². The smallest absolute Gasteiger partial charge is 0.227 e. The maximum atomic E-state index is 14.6. The van der Waals surface area contributed by atoms with Gasteiger partial charge >= 0.3 is 0 Å². The Hall–Kier alpha value is -4.92. The van der Waals surface area contributed by atoms with Crippen LogP contribution in [0.2, 0.25) is 0 Å². The number of aromatic amines is 2. The van der Waals surface area contributed by atoms with Crippen LogP contribution in [0.25, 0.3) is 55.6 Å². The fourth-order valence-corrected chi connectivity index (χ4v) is 5.44. The van der Waals surface area contributed by atoms with Crippen LogP contribution < -0.4 is 5.32 Å². The van der Waals surface area contributed by atoms with Crippen molar-refractivity contribution in [3.05, 3.63) is 79.3 Å². The molecule has 0 saturated heterocycles. The summed E-state index contributed by atoms with van der Waals surface area (Å²) in [5, 5.41) is 12.2. The summed E-state index contributed by atoms with van der Waals surface area (Å²) in [6, 6.07) is 12.5. The van der Waals surface area contributed by atoms with Gasteiger partial charge in [0.1, 0.15) is 11.5 Å². The van der Waals surface area contributed by atoms with Crippen LogP contribution >= 0.6 is 0 Å². The van der Waals surface area contributed by atoms with Crippen LogP contribution in [-0.2, 0) is 4.79 Å². The summed E-state index contributed by atoms with van der Waals surface area (Å²) in [5.74, 6) is -0.172. The van der Waals surface area contributed by atoms with Crippen molar-refractivity contribution in [2.24, 2.45) is 5.92 Å². The van der Waals surface area contributed by atoms with Crippen LogP contribution in [0.3, 0.4) is 0 Å². The second kappa shape index (κ2) is 9.43. The standard InChI is InChI=1S/C30H24FN7O/c31-25-8-4-3-7-21(25)24-15-33-16-27-22(24)11-26(36-27)28-23-10-19(13-34-29(23)38-37-28)18-9-20(14-32-12-18)35-30(39)17-5-1-2-6-17/h3-4,7-17,36H,1-2,5-6H2,(H,35,39)(H,34,37,38). The molecule has 1 aliphatic carbocycles. The highest BCUT2D eigenvalue weighted by Crippen LogP contribution is 2.35. The highest BCUT2D eigenvalue weighted by molar-refractivity contribution is 6.01. The van der Waals surface area contributed by atoms with E-state index >= 15 is 0 Å². The Kier molecular flexibility index (Phi) is 5.61. The first-order valence-corrected chi connectivity index (χ1v) is 13.0. The first kappa shape index (κ1) is 23.2. The number of carbonyl (C=O) groups is 1. The molecular weight excluding hydrogens is 493 g/mol. The molecule has 0 unspecified atom stereocenters. The number of hydrogen-bond donors (Lipinski definition) is 3. The molecule has 1 aliphatic rings. The minimum atomic E-state index is -0.302. The summed E-state index contributed by atoms with van der Waals surface area (Å²) < 4.78 is 14.6. The highest BCUT2D eigenvalue weighted by atomic mass is 19.1. The molecule has 1 amide bonds. The Morgan fingerprint density at radius 2 is 1.72 bits per heavy atom. The van der Waals surface area contributed by atoms with Crippen LogP contribution in [0.15, 0.2) is 73.4 Å². The zero-order chi connectivity index (χ0) is 26.3. The van der Waals surface area contributed by atoms with E-state index < -0.39 is 0 Å². The maximum absolute atomic E-state index is 14.6. The predicted molar refractivity (Wildman–Crippen MR) is 148 cm³/mol. The van der Waals surface area contributed by atoms with Gasteiger partial charge in [0, 0.05) is 57.5 Å². The zero-order valence-electron chi connectivity index (χ0n) is 20.9. The molecule has 6 aromatic rings. The number of pyridine rings is 3. The Labute approximate surface area is 222 Å². The number of nitrogens with one attached hydrogen (secondary N) is 3. The summed E-state index contributed by atoms with van der Waals surface area (Å²) in [6.45, 7) is 0. The van der Waals surface area contributed by atoms with Crippen molar-refractivity contribution in [1.82, 2.24) is 30.1 Å². The van der Waals surface area contributed by atoms with E-state index in [0.717, 1.165) is 58.8 Å². The van der Waals surface area contributed by atoms with Gasteiger partial charge in [0.15, 0.2) is 5.65 Å². The lowest BCUT2D eigenvalue weighted by atomic mass is 10.0. The van der Waals surface area contributed by atoms with Crippen molar-refractivity contribution in [2.75, 3.05) is 5.32 Å². The molecule has 192 valence electrons. The lowest BCUT2D eigenvalue weighted by molar-refractivity contribution is -0.119. The predicted octanol–water partition coefficient (Wildman–Crippen LogP) is 6.50. The molecule has 0 atom stereocenters. The average Bonchev–Trinajstić information content (AvgIpc) is 3.73. The molecule has 3 N–H and O–H groups in total. The molecule has 5 aromatic heterocycles. The number of carbonyl (C=O) groups excluding carboxylic acids is 1. The summed E-state index contributed by atoms with van der Waals surface area (Å²) in [6.07, 6.45) is 12.7. The Bertz CT molecular complexity index is 1850. The molecule has 9 heteroatoms. The van der Waals surface area contributed by atoms with E-state index in [0.29, 0.717) is 28.2 Å². The average molecular weight is 518 g/mol. The van der Waals surface area contributed by atoms with E-state index in [1.807, 2.05) is 24.3 Å². The lowest BCUT2D eigenvalue weighted by Gasteiger charge is -2.11. The first-order valence-electron chi connectivity index (χ1n) is 13.0. The zero-order valence-corrected chi connectivity index (χ0v) is 20.9. The third-order valence-electron chi connectivity index (χ3n) is 7.45. The van der Waals surface area contributed by atoms with Crippen LogP contribution in [0.5, 0.6) is 0 Å². The summed E-state index contributed by atoms with van der Waals surface area (Å²) in [4.78, 5) is 29.3. The first-order chi connectivity index (χ1) is 19.1. The Balaban J connectivity index is 1.25. The number of halogens is 1. The van der Waals surface area contributed by atoms with Crippen molar-refractivity contribution in [3.8, 4) is 33.6 Å². The molecule has 39 heavy (non-hydrogen) atoms. The summed E-state index contributed by atoms with van der Waals surface area (Å²) >= 11 is 0. The molecular formula is C30H24FN7O. The van der Waals surface area contributed by atoms with Crippen LogP contribution in [0.1, 0.15) is 25.7 Å². The molecule has 5 heterocycles. The van der Waals surface area contributed by atoms with Crippen molar-refractivity contribution >= 4 is 33.5 Å². The van der Waals surface area contributed by atoms with Gasteiger partial charge in [-0.05, 0) is 37.1 Å². The van der Waals surface area contributed by atoms with Gasteiger partial charge in [-0.25, -0.2) is 9.37 Å². The number of hydrogen-bond acceptors (Lipinski definition) is 5. The van der Waals surface area contributed by atoms with E-state index in [4.69, 9.17) is 0 Å². The van der Waals surface area contributed by atoms with Gasteiger partial charge in [-0.3, -0.25) is 19.9 Å². The minimum Gasteiger partial charge on any atom is -0.352 e. The fraction of sp³-hybridized carbons (Fsp3) is 0.167. The molecule has 7 rings (SSSR count). The molecule has 8 nitrogen and oxygen atoms in total. The van der Waals surface area contributed by atoms with Crippen LogP contribution in [0, 0.1) is 11.7 Å². The number of aromatic nitrogens is 6. The van der Waals surface area contributed by atoms with Crippen molar-refractivity contribution in [3.63, 3.8) is 0 Å². The van der Waals surface area contributed by atoms with Crippen molar-refractivity contribution in [1.29, 1.82) is 0 Å². The molecule has 1 aromatic carbocycles. The van der Waals surface area contributed by atoms with Crippen LogP contribution in [0.4, 0.5) is 10.1 Å². The second-order valence-electron chi connectivity index (χ2n) is 9.94. The quantitative estimate of drug-likeness (QED) is 0.242. The Morgan fingerprint density at radius 1 is 0.897 bits per heavy atom. The van der Waals surface area contributed by atoms with E-state index in [-0.39, 0.29) is 17.6 Å². The Morgan fingerprint density at radius 3 is 2.59 bits per heavy atom. The molecule has 1 fully saturated rings. The molecule has 0 radical (unpaired) electrons. The number of anilines is 1. The lowest BCUT2D eigenvalue weighted by Crippen LogP contribution is -2.20. The van der Waals surface area contributed by atoms with Gasteiger partial charge in [0.25, 0.3) is 0 Å². The molecule has 0 spiro atoms. The topological polar surface area (TPSA) is 112 Å².